The standard InChI is InChI=1S/C29H27BrN2O2/c1-2-26(21-10-13-25(30)14-11-21)29(22-8-6-20(19-33)7-9-22)23-12-15-27-24(17-23)18-31-32(27)28-5-3-4-16-34-28/h6-15,17-19,28H,2-5,16H2,1H3/b29-26+. The number of rotatable bonds is 6. The van der Waals surface area contributed by atoms with E-state index >= 15 is 0 Å². The Kier molecular flexibility index (Phi) is 6.75. The predicted molar refractivity (Wildman–Crippen MR) is 141 cm³/mol. The number of ether oxygens (including phenoxy) is 1. The Morgan fingerprint density at radius 3 is 2.44 bits per heavy atom. The van der Waals surface area contributed by atoms with Crippen molar-refractivity contribution >= 4 is 44.3 Å². The Balaban J connectivity index is 1.66. The van der Waals surface area contributed by atoms with Gasteiger partial charge in [0, 0.05) is 22.0 Å². The Labute approximate surface area is 208 Å². The second kappa shape index (κ2) is 10.1. The number of hydrogen-bond acceptors (Lipinski definition) is 3. The lowest BCUT2D eigenvalue weighted by Crippen LogP contribution is -2.18. The van der Waals surface area contributed by atoms with Crippen molar-refractivity contribution in [2.45, 2.75) is 38.8 Å². The molecule has 1 unspecified atom stereocenters. The number of allylic oxidation sites excluding steroid dienone is 1. The van der Waals surface area contributed by atoms with E-state index in [9.17, 15) is 4.79 Å². The molecule has 4 nitrogen and oxygen atoms in total. The summed E-state index contributed by atoms with van der Waals surface area (Å²) in [6.07, 6.45) is 6.99. The van der Waals surface area contributed by atoms with Crippen molar-refractivity contribution in [1.29, 1.82) is 0 Å². The van der Waals surface area contributed by atoms with Gasteiger partial charge in [0.2, 0.25) is 0 Å². The number of carbonyl (C=O) groups excluding carboxylic acids is 1. The Hall–Kier alpha value is -3.02. The number of aldehydes is 1. The summed E-state index contributed by atoms with van der Waals surface area (Å²) in [6.45, 7) is 2.98. The number of benzene rings is 3. The fourth-order valence-electron chi connectivity index (χ4n) is 4.77. The minimum absolute atomic E-state index is 0.0111. The Bertz CT molecular complexity index is 1330. The number of hydrogen-bond donors (Lipinski definition) is 0. The van der Waals surface area contributed by atoms with E-state index in [2.05, 4.69) is 70.4 Å². The lowest BCUT2D eigenvalue weighted by molar-refractivity contribution is -0.0366. The number of fused-ring (bicyclic) bond motifs is 1. The van der Waals surface area contributed by atoms with Crippen LogP contribution in [0.5, 0.6) is 0 Å². The van der Waals surface area contributed by atoms with E-state index < -0.39 is 0 Å². The fraction of sp³-hybridized carbons (Fsp3) is 0.241. The molecule has 0 N–H and O–H groups in total. The fourth-order valence-corrected chi connectivity index (χ4v) is 5.04. The van der Waals surface area contributed by atoms with E-state index in [1.807, 2.05) is 35.1 Å². The van der Waals surface area contributed by atoms with Crippen molar-refractivity contribution in [2.75, 3.05) is 6.61 Å². The van der Waals surface area contributed by atoms with Gasteiger partial charge in [0.25, 0.3) is 0 Å². The first-order chi connectivity index (χ1) is 16.7. The number of halogens is 1. The second-order valence-electron chi connectivity index (χ2n) is 8.64. The minimum Gasteiger partial charge on any atom is -0.356 e. The summed E-state index contributed by atoms with van der Waals surface area (Å²) in [7, 11) is 0. The SMILES string of the molecule is CC/C(=C(/c1ccc(C=O)cc1)c1ccc2c(cnn2C2CCCCO2)c1)c1ccc(Br)cc1. The van der Waals surface area contributed by atoms with E-state index in [4.69, 9.17) is 4.74 Å². The summed E-state index contributed by atoms with van der Waals surface area (Å²) in [5, 5.41) is 5.78. The zero-order chi connectivity index (χ0) is 23.5. The molecule has 0 bridgehead atoms. The van der Waals surface area contributed by atoms with Crippen LogP contribution in [0.15, 0.2) is 77.4 Å². The van der Waals surface area contributed by atoms with Gasteiger partial charge in [-0.15, -0.1) is 0 Å². The average molecular weight is 515 g/mol. The van der Waals surface area contributed by atoms with Gasteiger partial charge in [-0.1, -0.05) is 65.3 Å². The molecule has 1 aromatic heterocycles. The quantitative estimate of drug-likeness (QED) is 0.195. The largest absolute Gasteiger partial charge is 0.356 e. The summed E-state index contributed by atoms with van der Waals surface area (Å²) >= 11 is 3.55. The molecule has 1 atom stereocenters. The molecule has 0 amide bonds. The van der Waals surface area contributed by atoms with Crippen molar-refractivity contribution < 1.29 is 9.53 Å². The van der Waals surface area contributed by atoms with Gasteiger partial charge in [0.05, 0.1) is 11.7 Å². The number of aromatic nitrogens is 2. The molecule has 0 aliphatic carbocycles. The monoisotopic (exact) mass is 514 g/mol. The summed E-state index contributed by atoms with van der Waals surface area (Å²) in [4.78, 5) is 11.2. The van der Waals surface area contributed by atoms with Crippen molar-refractivity contribution in [3.05, 3.63) is 99.7 Å². The molecule has 2 heterocycles. The molecule has 3 aromatic carbocycles. The lowest BCUT2D eigenvalue weighted by atomic mass is 9.87. The molecule has 1 aliphatic rings. The van der Waals surface area contributed by atoms with Crippen LogP contribution in [0.3, 0.4) is 0 Å². The van der Waals surface area contributed by atoms with E-state index in [0.29, 0.717) is 5.56 Å². The molecular weight excluding hydrogens is 488 g/mol. The molecule has 34 heavy (non-hydrogen) atoms. The third-order valence-electron chi connectivity index (χ3n) is 6.50. The second-order valence-corrected chi connectivity index (χ2v) is 9.55. The highest BCUT2D eigenvalue weighted by Crippen LogP contribution is 2.36. The first-order valence-electron chi connectivity index (χ1n) is 11.8. The van der Waals surface area contributed by atoms with Crippen LogP contribution in [0.1, 0.15) is 65.9 Å². The minimum atomic E-state index is 0.0111. The molecule has 5 heteroatoms. The van der Waals surface area contributed by atoms with Gasteiger partial charge in [-0.3, -0.25) is 4.79 Å². The van der Waals surface area contributed by atoms with Crippen LogP contribution in [0.2, 0.25) is 0 Å². The maximum Gasteiger partial charge on any atom is 0.150 e. The van der Waals surface area contributed by atoms with Crippen molar-refractivity contribution in [2.24, 2.45) is 0 Å². The van der Waals surface area contributed by atoms with Crippen LogP contribution in [-0.4, -0.2) is 22.7 Å². The summed E-state index contributed by atoms with van der Waals surface area (Å²) < 4.78 is 9.06. The Morgan fingerprint density at radius 2 is 1.76 bits per heavy atom. The highest BCUT2D eigenvalue weighted by Gasteiger charge is 2.20. The van der Waals surface area contributed by atoms with E-state index in [0.717, 1.165) is 58.7 Å². The first kappa shape index (κ1) is 22.8. The molecule has 1 aliphatic heterocycles. The Morgan fingerprint density at radius 1 is 1.03 bits per heavy atom. The van der Waals surface area contributed by atoms with Gasteiger partial charge in [-0.05, 0) is 77.8 Å². The highest BCUT2D eigenvalue weighted by molar-refractivity contribution is 9.10. The van der Waals surface area contributed by atoms with Gasteiger partial charge >= 0.3 is 0 Å². The third-order valence-corrected chi connectivity index (χ3v) is 7.02. The summed E-state index contributed by atoms with van der Waals surface area (Å²) in [5.74, 6) is 0. The molecule has 172 valence electrons. The smallest absolute Gasteiger partial charge is 0.150 e. The third kappa shape index (κ3) is 4.50. The maximum absolute atomic E-state index is 11.2. The predicted octanol–water partition coefficient (Wildman–Crippen LogP) is 7.68. The van der Waals surface area contributed by atoms with Crippen molar-refractivity contribution in [3.8, 4) is 0 Å². The van der Waals surface area contributed by atoms with E-state index in [-0.39, 0.29) is 6.23 Å². The molecule has 1 fully saturated rings. The van der Waals surface area contributed by atoms with Gasteiger partial charge in [-0.2, -0.15) is 5.10 Å². The lowest BCUT2D eigenvalue weighted by Gasteiger charge is -2.23. The molecule has 5 rings (SSSR count). The van der Waals surface area contributed by atoms with Crippen molar-refractivity contribution in [3.63, 3.8) is 0 Å². The van der Waals surface area contributed by atoms with Gasteiger partial charge in [-0.25, -0.2) is 4.68 Å². The van der Waals surface area contributed by atoms with Crippen LogP contribution in [0.25, 0.3) is 22.0 Å². The van der Waals surface area contributed by atoms with Crippen molar-refractivity contribution in [1.82, 2.24) is 9.78 Å². The average Bonchev–Trinajstić information content (AvgIpc) is 3.32. The first-order valence-corrected chi connectivity index (χ1v) is 12.6. The molecule has 0 spiro atoms. The zero-order valence-corrected chi connectivity index (χ0v) is 20.8. The van der Waals surface area contributed by atoms with Crippen LogP contribution in [0, 0.1) is 0 Å². The molecule has 0 saturated carbocycles. The van der Waals surface area contributed by atoms with Crippen LogP contribution < -0.4 is 0 Å². The summed E-state index contributed by atoms with van der Waals surface area (Å²) in [5.41, 5.74) is 7.61. The number of nitrogens with zero attached hydrogens (tertiary/aromatic N) is 2. The topological polar surface area (TPSA) is 44.1 Å². The van der Waals surface area contributed by atoms with E-state index in [1.54, 1.807) is 0 Å². The van der Waals surface area contributed by atoms with Gasteiger partial charge in [0.1, 0.15) is 6.29 Å². The summed E-state index contributed by atoms with van der Waals surface area (Å²) in [6, 6.07) is 22.9. The molecule has 1 saturated heterocycles. The van der Waals surface area contributed by atoms with Gasteiger partial charge < -0.3 is 4.74 Å². The molecule has 4 aromatic rings. The maximum atomic E-state index is 11.2. The van der Waals surface area contributed by atoms with Gasteiger partial charge in [0.15, 0.2) is 6.23 Å². The number of carbonyl (C=O) groups is 1. The van der Waals surface area contributed by atoms with Crippen LogP contribution >= 0.6 is 15.9 Å². The highest BCUT2D eigenvalue weighted by atomic mass is 79.9. The van der Waals surface area contributed by atoms with Crippen LogP contribution in [-0.2, 0) is 4.74 Å². The normalized spacial score (nSPS) is 16.9. The zero-order valence-electron chi connectivity index (χ0n) is 19.2. The molecule has 0 radical (unpaired) electrons. The van der Waals surface area contributed by atoms with E-state index in [1.165, 1.54) is 23.1 Å². The molecular formula is C29H27BrN2O2. The van der Waals surface area contributed by atoms with Crippen LogP contribution in [0.4, 0.5) is 0 Å².